The van der Waals surface area contributed by atoms with Crippen molar-refractivity contribution in [1.29, 1.82) is 10.8 Å². The summed E-state index contributed by atoms with van der Waals surface area (Å²) < 4.78 is 8.17. The van der Waals surface area contributed by atoms with E-state index in [1.54, 1.807) is 0 Å². The van der Waals surface area contributed by atoms with Crippen molar-refractivity contribution in [2.75, 3.05) is 0 Å². The number of aryl methyl sites for hydroxylation is 1. The van der Waals surface area contributed by atoms with E-state index in [1.165, 1.54) is 14.7 Å². The van der Waals surface area contributed by atoms with Crippen molar-refractivity contribution in [1.82, 2.24) is 0 Å². The van der Waals surface area contributed by atoms with Crippen molar-refractivity contribution in [2.45, 2.75) is 6.92 Å². The van der Waals surface area contributed by atoms with Gasteiger partial charge in [0.25, 0.3) is 0 Å². The molecule has 0 saturated carbocycles. The monoisotopic (exact) mass is 227 g/mol. The minimum absolute atomic E-state index is 0.750. The Morgan fingerprint density at radius 1 is 1.00 bits per heavy atom. The summed E-state index contributed by atoms with van der Waals surface area (Å²) in [5.74, 6) is 0. The maximum Gasteiger partial charge on any atom is 0.310 e. The van der Waals surface area contributed by atoms with Crippen LogP contribution in [0.4, 0.5) is 0 Å². The Hall–Kier alpha value is -1.92. The van der Waals surface area contributed by atoms with Crippen molar-refractivity contribution in [3.05, 3.63) is 35.9 Å². The lowest BCUT2D eigenvalue weighted by atomic mass is 10.2. The lowest BCUT2D eigenvalue weighted by Gasteiger charge is -1.82. The standard InChI is InChI=1S/C7H8.2CHNO.H2OP/c1-7-5-3-2-4-6-7;2*2-1-3;1-2/h2-6H,1H3;2*2H;2H2/q;;;+1. The van der Waals surface area contributed by atoms with Gasteiger partial charge in [-0.25, -0.2) is 20.4 Å². The number of hydrogen-bond donors (Lipinski definition) is 2. The van der Waals surface area contributed by atoms with E-state index in [4.69, 9.17) is 25.0 Å². The molecule has 0 heterocycles. The first-order valence-corrected chi connectivity index (χ1v) is 4.03. The average molecular weight is 227 g/mol. The molecular weight excluding hydrogens is 215 g/mol. The average Bonchev–Trinajstić information content (AvgIpc) is 2.24. The molecule has 0 radical (unpaired) electrons. The highest BCUT2D eigenvalue weighted by Crippen LogP contribution is 1.92. The number of nitrogens with one attached hydrogen (secondary N) is 2. The van der Waals surface area contributed by atoms with Gasteiger partial charge in [0.05, 0.1) is 0 Å². The second kappa shape index (κ2) is 22.7. The minimum Gasteiger partial charge on any atom is -0.222 e. The number of benzene rings is 1. The van der Waals surface area contributed by atoms with E-state index >= 15 is 0 Å². The lowest BCUT2D eigenvalue weighted by molar-refractivity contribution is 0.562. The fraction of sp³-hybridized carbons (Fsp3) is 0.111. The van der Waals surface area contributed by atoms with Gasteiger partial charge in [0.15, 0.2) is 0 Å². The van der Waals surface area contributed by atoms with Crippen molar-refractivity contribution < 1.29 is 14.2 Å². The lowest BCUT2D eigenvalue weighted by Crippen LogP contribution is -1.62. The number of isocyanates is 2. The summed E-state index contributed by atoms with van der Waals surface area (Å²) in [6.45, 7) is 2.08. The highest BCUT2D eigenvalue weighted by Gasteiger charge is 1.72. The number of rotatable bonds is 0. The zero-order valence-corrected chi connectivity index (χ0v) is 9.34. The molecule has 1 aromatic rings. The van der Waals surface area contributed by atoms with Gasteiger partial charge in [-0.05, 0) is 6.92 Å². The third-order valence-electron chi connectivity index (χ3n) is 0.940. The van der Waals surface area contributed by atoms with E-state index in [9.17, 15) is 0 Å². The Labute approximate surface area is 89.8 Å². The van der Waals surface area contributed by atoms with E-state index < -0.39 is 0 Å². The topological polar surface area (TPSA) is 98.9 Å². The Morgan fingerprint density at radius 3 is 1.40 bits per heavy atom. The van der Waals surface area contributed by atoms with Crippen LogP contribution in [0.1, 0.15) is 5.56 Å². The van der Waals surface area contributed by atoms with Gasteiger partial charge >= 0.3 is 9.12 Å². The second-order valence-electron chi connectivity index (χ2n) is 1.86. The van der Waals surface area contributed by atoms with Crippen LogP contribution < -0.4 is 0 Å². The van der Waals surface area contributed by atoms with Crippen LogP contribution in [-0.2, 0) is 14.2 Å². The number of hydrogen-bond acceptors (Lipinski definition) is 5. The zero-order valence-electron chi connectivity index (χ0n) is 8.19. The molecule has 1 rings (SSSR count). The maximum absolute atomic E-state index is 8.35. The van der Waals surface area contributed by atoms with Gasteiger partial charge in [-0.3, -0.25) is 0 Å². The molecule has 0 saturated heterocycles. The van der Waals surface area contributed by atoms with Crippen LogP contribution in [0.25, 0.3) is 0 Å². The first kappa shape index (κ1) is 18.8. The summed E-state index contributed by atoms with van der Waals surface area (Å²) >= 11 is 0. The molecule has 0 fully saturated rings. The summed E-state index contributed by atoms with van der Waals surface area (Å²) in [7, 11) is 1.17. The minimum atomic E-state index is 0.750. The molecule has 5 nitrogen and oxygen atoms in total. The van der Waals surface area contributed by atoms with Crippen molar-refractivity contribution in [3.8, 4) is 0 Å². The Bertz CT molecular complexity index is 279. The summed E-state index contributed by atoms with van der Waals surface area (Å²) in [5, 5.41) is 10.8. The Kier molecular flexibility index (Phi) is 28.4. The third-order valence-corrected chi connectivity index (χ3v) is 0.940. The summed E-state index contributed by atoms with van der Waals surface area (Å²) in [5.41, 5.74) is 1.32. The van der Waals surface area contributed by atoms with E-state index in [0.717, 1.165) is 12.2 Å². The highest BCUT2D eigenvalue weighted by atomic mass is 31.0. The largest absolute Gasteiger partial charge is 0.310 e. The van der Waals surface area contributed by atoms with E-state index in [-0.39, 0.29) is 0 Å². The van der Waals surface area contributed by atoms with Crippen molar-refractivity contribution in [2.24, 2.45) is 0 Å². The molecule has 0 amide bonds. The van der Waals surface area contributed by atoms with Crippen molar-refractivity contribution in [3.63, 3.8) is 0 Å². The van der Waals surface area contributed by atoms with Gasteiger partial charge in [-0.15, -0.1) is 0 Å². The first-order chi connectivity index (χ1) is 7.22. The van der Waals surface area contributed by atoms with Crippen LogP contribution in [0.2, 0.25) is 0 Å². The third kappa shape index (κ3) is 33.2. The molecule has 2 N–H and O–H groups in total. The van der Waals surface area contributed by atoms with Crippen LogP contribution in [0, 0.1) is 17.7 Å². The fourth-order valence-electron chi connectivity index (χ4n) is 0.534. The highest BCUT2D eigenvalue weighted by molar-refractivity contribution is 7.00. The molecule has 1 unspecified atom stereocenters. The van der Waals surface area contributed by atoms with Crippen molar-refractivity contribution >= 4 is 21.3 Å². The van der Waals surface area contributed by atoms with Gasteiger partial charge < -0.3 is 0 Å². The van der Waals surface area contributed by atoms with E-state index in [1.807, 2.05) is 18.2 Å². The predicted octanol–water partition coefficient (Wildman–Crippen LogP) is 2.00. The molecule has 15 heavy (non-hydrogen) atoms. The Morgan fingerprint density at radius 2 is 1.27 bits per heavy atom. The SMILES string of the molecule is Cc1ccccc1.N=C=O.N=C=O.O=[PH2+]. The molecule has 0 spiro atoms. The van der Waals surface area contributed by atoms with Crippen LogP contribution in [-0.4, -0.2) is 12.2 Å². The molecule has 1 atom stereocenters. The van der Waals surface area contributed by atoms with E-state index in [0.29, 0.717) is 0 Å². The molecule has 0 aliphatic heterocycles. The van der Waals surface area contributed by atoms with Gasteiger partial charge in [-0.2, -0.15) is 0 Å². The molecular formula is C9H12N2O3P+. The van der Waals surface area contributed by atoms with Crippen LogP contribution >= 0.6 is 9.12 Å². The van der Waals surface area contributed by atoms with Gasteiger partial charge in [-0.1, -0.05) is 40.5 Å². The zero-order chi connectivity index (χ0) is 12.5. The fourth-order valence-corrected chi connectivity index (χ4v) is 0.534. The summed E-state index contributed by atoms with van der Waals surface area (Å²) in [6.07, 6.45) is 1.50. The quantitative estimate of drug-likeness (QED) is 0.402. The molecule has 0 aliphatic rings. The molecule has 0 aliphatic carbocycles. The normalized spacial score (nSPS) is 5.40. The van der Waals surface area contributed by atoms with Crippen LogP contribution in [0.5, 0.6) is 0 Å². The maximum atomic E-state index is 8.35. The second-order valence-corrected chi connectivity index (χ2v) is 1.86. The number of carbonyl (C=O) groups excluding carboxylic acids is 2. The molecule has 6 heteroatoms. The Balaban J connectivity index is -0.000000154. The van der Waals surface area contributed by atoms with Gasteiger partial charge in [0.1, 0.15) is 0 Å². The van der Waals surface area contributed by atoms with E-state index in [2.05, 4.69) is 19.1 Å². The summed E-state index contributed by atoms with van der Waals surface area (Å²) in [6, 6.07) is 10.3. The van der Waals surface area contributed by atoms with Crippen LogP contribution in [0.3, 0.4) is 0 Å². The van der Waals surface area contributed by atoms with Gasteiger partial charge in [0.2, 0.25) is 12.2 Å². The smallest absolute Gasteiger partial charge is 0.222 e. The summed E-state index contributed by atoms with van der Waals surface area (Å²) in [4.78, 5) is 16.7. The van der Waals surface area contributed by atoms with Gasteiger partial charge in [0, 0.05) is 0 Å². The molecule has 80 valence electrons. The molecule has 0 bridgehead atoms. The van der Waals surface area contributed by atoms with Crippen LogP contribution in [0.15, 0.2) is 30.3 Å². The molecule has 1 aromatic carbocycles. The predicted molar refractivity (Wildman–Crippen MR) is 58.4 cm³/mol. The molecule has 0 aromatic heterocycles. The first-order valence-electron chi connectivity index (χ1n) is 3.55.